The molecule has 2 aliphatic rings. The van der Waals surface area contributed by atoms with Crippen LogP contribution in [0.3, 0.4) is 0 Å². The third kappa shape index (κ3) is 2.89. The fourth-order valence-electron chi connectivity index (χ4n) is 2.63. The summed E-state index contributed by atoms with van der Waals surface area (Å²) >= 11 is 0. The average molecular weight is 261 g/mol. The number of hydrogen-bond donors (Lipinski definition) is 0. The predicted octanol–water partition coefficient (Wildman–Crippen LogP) is 2.13. The Morgan fingerprint density at radius 1 is 1.05 bits per heavy atom. The minimum atomic E-state index is 0.166. The van der Waals surface area contributed by atoms with Crippen LogP contribution in [0.1, 0.15) is 29.6 Å². The monoisotopic (exact) mass is 261 g/mol. The van der Waals surface area contributed by atoms with Crippen molar-refractivity contribution < 1.29 is 14.3 Å². The third-order valence-electron chi connectivity index (χ3n) is 3.68. The first-order valence-electron chi connectivity index (χ1n) is 6.98. The van der Waals surface area contributed by atoms with E-state index in [0.29, 0.717) is 25.5 Å². The Morgan fingerprint density at radius 2 is 1.79 bits per heavy atom. The smallest absolute Gasteiger partial charge is 0.176 e. The Morgan fingerprint density at radius 3 is 2.58 bits per heavy atom. The van der Waals surface area contributed by atoms with E-state index in [0.717, 1.165) is 24.4 Å². The van der Waals surface area contributed by atoms with Crippen LogP contribution in [0.15, 0.2) is 18.2 Å². The van der Waals surface area contributed by atoms with Crippen molar-refractivity contribution in [2.45, 2.75) is 19.3 Å². The number of hydrogen-bond acceptors (Lipinski definition) is 4. The molecular weight excluding hydrogens is 242 g/mol. The van der Waals surface area contributed by atoms with E-state index in [2.05, 4.69) is 4.90 Å². The number of Topliss-reactive ketones (excluding diaryl/α,β-unsaturated/α-hetero) is 1. The molecule has 0 saturated carbocycles. The molecule has 1 aromatic carbocycles. The third-order valence-corrected chi connectivity index (χ3v) is 3.68. The van der Waals surface area contributed by atoms with Crippen LogP contribution in [-0.2, 0) is 0 Å². The zero-order chi connectivity index (χ0) is 13.1. The highest BCUT2D eigenvalue weighted by molar-refractivity contribution is 5.98. The summed E-state index contributed by atoms with van der Waals surface area (Å²) in [4.78, 5) is 14.5. The standard InChI is InChI=1S/C15H19NO3/c17-13(11-16-6-2-1-3-7-16)12-4-5-14-15(10-12)19-9-8-18-14/h4-5,10H,1-3,6-9,11H2. The van der Waals surface area contributed by atoms with Gasteiger partial charge in [-0.3, -0.25) is 9.69 Å². The lowest BCUT2D eigenvalue weighted by atomic mass is 10.1. The van der Waals surface area contributed by atoms with Crippen molar-refractivity contribution in [3.63, 3.8) is 0 Å². The maximum Gasteiger partial charge on any atom is 0.176 e. The van der Waals surface area contributed by atoms with Gasteiger partial charge in [0.05, 0.1) is 6.54 Å². The van der Waals surface area contributed by atoms with Crippen molar-refractivity contribution >= 4 is 5.78 Å². The molecule has 0 amide bonds. The lowest BCUT2D eigenvalue weighted by Gasteiger charge is -2.25. The highest BCUT2D eigenvalue weighted by Crippen LogP contribution is 2.30. The highest BCUT2D eigenvalue weighted by Gasteiger charge is 2.18. The van der Waals surface area contributed by atoms with Crippen LogP contribution in [0.25, 0.3) is 0 Å². The number of ketones is 1. The van der Waals surface area contributed by atoms with E-state index >= 15 is 0 Å². The maximum atomic E-state index is 12.3. The first-order valence-corrected chi connectivity index (χ1v) is 6.98. The van der Waals surface area contributed by atoms with Crippen LogP contribution in [0, 0.1) is 0 Å². The fraction of sp³-hybridized carbons (Fsp3) is 0.533. The molecule has 2 heterocycles. The van der Waals surface area contributed by atoms with Crippen LogP contribution < -0.4 is 9.47 Å². The summed E-state index contributed by atoms with van der Waals surface area (Å²) in [6, 6.07) is 5.47. The summed E-state index contributed by atoms with van der Waals surface area (Å²) in [7, 11) is 0. The highest BCUT2D eigenvalue weighted by atomic mass is 16.6. The number of fused-ring (bicyclic) bond motifs is 1. The quantitative estimate of drug-likeness (QED) is 0.781. The molecule has 1 aromatic rings. The first-order chi connectivity index (χ1) is 9.33. The van der Waals surface area contributed by atoms with Gasteiger partial charge in [-0.1, -0.05) is 6.42 Å². The minimum absolute atomic E-state index is 0.166. The number of likely N-dealkylation sites (tertiary alicyclic amines) is 1. The van der Waals surface area contributed by atoms with Gasteiger partial charge < -0.3 is 9.47 Å². The Labute approximate surface area is 113 Å². The van der Waals surface area contributed by atoms with Crippen LogP contribution in [-0.4, -0.2) is 43.5 Å². The van der Waals surface area contributed by atoms with Crippen LogP contribution in [0.2, 0.25) is 0 Å². The molecular formula is C15H19NO3. The van der Waals surface area contributed by atoms with Crippen molar-refractivity contribution in [3.05, 3.63) is 23.8 Å². The second-order valence-corrected chi connectivity index (χ2v) is 5.12. The predicted molar refractivity (Wildman–Crippen MR) is 72.1 cm³/mol. The number of ether oxygens (including phenoxy) is 2. The molecule has 1 saturated heterocycles. The van der Waals surface area contributed by atoms with Crippen LogP contribution in [0.5, 0.6) is 11.5 Å². The van der Waals surface area contributed by atoms with Gasteiger partial charge in [-0.05, 0) is 44.1 Å². The number of rotatable bonds is 3. The summed E-state index contributed by atoms with van der Waals surface area (Å²) < 4.78 is 11.0. The molecule has 19 heavy (non-hydrogen) atoms. The second kappa shape index (κ2) is 5.61. The molecule has 0 radical (unpaired) electrons. The number of carbonyl (C=O) groups is 1. The van der Waals surface area contributed by atoms with Crippen molar-refractivity contribution in [1.29, 1.82) is 0 Å². The molecule has 3 rings (SSSR count). The summed E-state index contributed by atoms with van der Waals surface area (Å²) in [6.45, 7) is 3.72. The zero-order valence-electron chi connectivity index (χ0n) is 11.1. The molecule has 0 spiro atoms. The fourth-order valence-corrected chi connectivity index (χ4v) is 2.63. The summed E-state index contributed by atoms with van der Waals surface area (Å²) in [5.74, 6) is 1.59. The molecule has 0 atom stereocenters. The number of carbonyl (C=O) groups excluding carboxylic acids is 1. The van der Waals surface area contributed by atoms with Gasteiger partial charge in [0.2, 0.25) is 0 Å². The van der Waals surface area contributed by atoms with E-state index in [-0.39, 0.29) is 5.78 Å². The summed E-state index contributed by atoms with van der Waals surface area (Å²) in [5, 5.41) is 0. The van der Waals surface area contributed by atoms with Gasteiger partial charge in [0, 0.05) is 5.56 Å². The molecule has 0 N–H and O–H groups in total. The number of piperidine rings is 1. The van der Waals surface area contributed by atoms with Crippen LogP contribution in [0.4, 0.5) is 0 Å². The van der Waals surface area contributed by atoms with Crippen molar-refractivity contribution in [2.24, 2.45) is 0 Å². The van der Waals surface area contributed by atoms with E-state index < -0.39 is 0 Å². The largest absolute Gasteiger partial charge is 0.486 e. The molecule has 1 fully saturated rings. The van der Waals surface area contributed by atoms with E-state index in [9.17, 15) is 4.79 Å². The first kappa shape index (κ1) is 12.5. The lowest BCUT2D eigenvalue weighted by Crippen LogP contribution is -2.34. The van der Waals surface area contributed by atoms with Crippen molar-refractivity contribution in [2.75, 3.05) is 32.8 Å². The van der Waals surface area contributed by atoms with E-state index in [1.165, 1.54) is 19.3 Å². The number of nitrogens with zero attached hydrogens (tertiary/aromatic N) is 1. The van der Waals surface area contributed by atoms with Gasteiger partial charge in [-0.2, -0.15) is 0 Å². The SMILES string of the molecule is O=C(CN1CCCCC1)c1ccc2c(c1)OCCO2. The minimum Gasteiger partial charge on any atom is -0.486 e. The zero-order valence-corrected chi connectivity index (χ0v) is 11.1. The average Bonchev–Trinajstić information content (AvgIpc) is 2.48. The van der Waals surface area contributed by atoms with Gasteiger partial charge in [0.15, 0.2) is 17.3 Å². The Hall–Kier alpha value is -1.55. The van der Waals surface area contributed by atoms with E-state index in [1.54, 1.807) is 6.07 Å². The topological polar surface area (TPSA) is 38.8 Å². The van der Waals surface area contributed by atoms with Gasteiger partial charge in [-0.25, -0.2) is 0 Å². The van der Waals surface area contributed by atoms with Gasteiger partial charge in [0.25, 0.3) is 0 Å². The molecule has 102 valence electrons. The molecule has 0 unspecified atom stereocenters. The Bertz CT molecular complexity index is 466. The molecule has 4 nitrogen and oxygen atoms in total. The molecule has 0 aliphatic carbocycles. The van der Waals surface area contributed by atoms with Gasteiger partial charge >= 0.3 is 0 Å². The number of benzene rings is 1. The van der Waals surface area contributed by atoms with E-state index in [4.69, 9.17) is 9.47 Å². The Kier molecular flexibility index (Phi) is 3.69. The Balaban J connectivity index is 1.69. The summed E-state index contributed by atoms with van der Waals surface area (Å²) in [6.07, 6.45) is 3.69. The normalized spacial score (nSPS) is 19.2. The van der Waals surface area contributed by atoms with E-state index in [1.807, 2.05) is 12.1 Å². The summed E-state index contributed by atoms with van der Waals surface area (Å²) in [5.41, 5.74) is 0.717. The van der Waals surface area contributed by atoms with Gasteiger partial charge in [0.1, 0.15) is 13.2 Å². The van der Waals surface area contributed by atoms with Crippen molar-refractivity contribution in [1.82, 2.24) is 4.90 Å². The van der Waals surface area contributed by atoms with Crippen LogP contribution >= 0.6 is 0 Å². The molecule has 2 aliphatic heterocycles. The van der Waals surface area contributed by atoms with Crippen molar-refractivity contribution in [3.8, 4) is 11.5 Å². The molecule has 0 aromatic heterocycles. The molecule has 4 heteroatoms. The maximum absolute atomic E-state index is 12.3. The molecule has 0 bridgehead atoms. The van der Waals surface area contributed by atoms with Gasteiger partial charge in [-0.15, -0.1) is 0 Å². The second-order valence-electron chi connectivity index (χ2n) is 5.12. The lowest BCUT2D eigenvalue weighted by molar-refractivity contribution is 0.0914.